The molecule has 3 aromatic rings. The minimum atomic E-state index is -4.61. The molecule has 0 spiro atoms. The van der Waals surface area contributed by atoms with Crippen LogP contribution in [0.15, 0.2) is 54.6 Å². The van der Waals surface area contributed by atoms with E-state index in [0.29, 0.717) is 5.56 Å². The average molecular weight is 363 g/mol. The van der Waals surface area contributed by atoms with Gasteiger partial charge in [0.05, 0.1) is 5.69 Å². The molecular weight excluding hydrogens is 350 g/mol. The summed E-state index contributed by atoms with van der Waals surface area (Å²) < 4.78 is 53.6. The molecule has 0 radical (unpaired) electrons. The van der Waals surface area contributed by atoms with Gasteiger partial charge in [-0.2, -0.15) is 18.3 Å². The SMILES string of the molecule is Cn1nc(C(F)(F)F)cc1-c1ccc(NC(=O)c2ccccc2)cc1F. The highest BCUT2D eigenvalue weighted by Crippen LogP contribution is 2.32. The molecule has 0 bridgehead atoms. The Hall–Kier alpha value is -3.16. The van der Waals surface area contributed by atoms with Crippen molar-refractivity contribution in [1.29, 1.82) is 0 Å². The van der Waals surface area contributed by atoms with Gasteiger partial charge in [-0.25, -0.2) is 4.39 Å². The van der Waals surface area contributed by atoms with Crippen molar-refractivity contribution in [2.24, 2.45) is 7.05 Å². The van der Waals surface area contributed by atoms with E-state index in [1.807, 2.05) is 0 Å². The average Bonchev–Trinajstić information content (AvgIpc) is 2.98. The van der Waals surface area contributed by atoms with Crippen LogP contribution in [0.25, 0.3) is 11.3 Å². The Bertz CT molecular complexity index is 949. The fourth-order valence-electron chi connectivity index (χ4n) is 2.45. The van der Waals surface area contributed by atoms with Crippen molar-refractivity contribution in [3.63, 3.8) is 0 Å². The number of halogens is 4. The molecular formula is C18H13F4N3O. The van der Waals surface area contributed by atoms with E-state index in [2.05, 4.69) is 10.4 Å². The number of hydrogen-bond acceptors (Lipinski definition) is 2. The first-order valence-corrected chi connectivity index (χ1v) is 7.53. The van der Waals surface area contributed by atoms with Crippen molar-refractivity contribution in [2.45, 2.75) is 6.18 Å². The fourth-order valence-corrected chi connectivity index (χ4v) is 2.45. The first kappa shape index (κ1) is 17.7. The lowest BCUT2D eigenvalue weighted by Crippen LogP contribution is -2.11. The van der Waals surface area contributed by atoms with Crippen molar-refractivity contribution in [1.82, 2.24) is 9.78 Å². The van der Waals surface area contributed by atoms with Gasteiger partial charge in [-0.05, 0) is 36.4 Å². The smallest absolute Gasteiger partial charge is 0.322 e. The van der Waals surface area contributed by atoms with Crippen molar-refractivity contribution in [3.05, 3.63) is 71.7 Å². The number of alkyl halides is 3. The number of carbonyl (C=O) groups excluding carboxylic acids is 1. The number of carbonyl (C=O) groups is 1. The van der Waals surface area contributed by atoms with Gasteiger partial charge >= 0.3 is 6.18 Å². The van der Waals surface area contributed by atoms with Crippen LogP contribution in [0.4, 0.5) is 23.2 Å². The molecule has 1 amide bonds. The third-order valence-electron chi connectivity index (χ3n) is 3.71. The molecule has 0 fully saturated rings. The molecule has 0 aliphatic heterocycles. The third-order valence-corrected chi connectivity index (χ3v) is 3.71. The molecule has 0 atom stereocenters. The largest absolute Gasteiger partial charge is 0.435 e. The summed E-state index contributed by atoms with van der Waals surface area (Å²) in [6.45, 7) is 0. The molecule has 8 heteroatoms. The Morgan fingerprint density at radius 2 is 1.77 bits per heavy atom. The van der Waals surface area contributed by atoms with Crippen molar-refractivity contribution in [3.8, 4) is 11.3 Å². The number of amides is 1. The summed E-state index contributed by atoms with van der Waals surface area (Å²) in [5.74, 6) is -1.19. The minimum absolute atomic E-state index is 0.0178. The van der Waals surface area contributed by atoms with Crippen LogP contribution >= 0.6 is 0 Å². The molecule has 134 valence electrons. The maximum atomic E-state index is 14.4. The van der Waals surface area contributed by atoms with E-state index < -0.39 is 23.6 Å². The van der Waals surface area contributed by atoms with Crippen LogP contribution in [0.1, 0.15) is 16.1 Å². The van der Waals surface area contributed by atoms with Gasteiger partial charge in [0.25, 0.3) is 5.91 Å². The van der Waals surface area contributed by atoms with Gasteiger partial charge in [0.1, 0.15) is 5.82 Å². The summed E-state index contributed by atoms with van der Waals surface area (Å²) >= 11 is 0. The molecule has 0 unspecified atom stereocenters. The quantitative estimate of drug-likeness (QED) is 0.697. The molecule has 26 heavy (non-hydrogen) atoms. The van der Waals surface area contributed by atoms with Crippen LogP contribution in [-0.2, 0) is 13.2 Å². The molecule has 0 saturated carbocycles. The maximum Gasteiger partial charge on any atom is 0.435 e. The fraction of sp³-hybridized carbons (Fsp3) is 0.111. The highest BCUT2D eigenvalue weighted by atomic mass is 19.4. The third kappa shape index (κ3) is 3.58. The molecule has 0 saturated heterocycles. The highest BCUT2D eigenvalue weighted by molar-refractivity contribution is 6.04. The summed E-state index contributed by atoms with van der Waals surface area (Å²) in [7, 11) is 1.30. The van der Waals surface area contributed by atoms with Gasteiger partial charge in [-0.1, -0.05) is 18.2 Å². The molecule has 1 aromatic heterocycles. The van der Waals surface area contributed by atoms with E-state index in [0.717, 1.165) is 16.8 Å². The summed E-state index contributed by atoms with van der Waals surface area (Å²) in [6, 6.07) is 12.9. The van der Waals surface area contributed by atoms with Crippen LogP contribution in [0.2, 0.25) is 0 Å². The van der Waals surface area contributed by atoms with E-state index in [4.69, 9.17) is 0 Å². The van der Waals surface area contributed by atoms with Crippen LogP contribution in [0.3, 0.4) is 0 Å². The van der Waals surface area contributed by atoms with Crippen LogP contribution in [-0.4, -0.2) is 15.7 Å². The summed E-state index contributed by atoms with van der Waals surface area (Å²) in [5.41, 5.74) is -0.573. The summed E-state index contributed by atoms with van der Waals surface area (Å²) in [5, 5.41) is 5.91. The van der Waals surface area contributed by atoms with E-state index in [9.17, 15) is 22.4 Å². The Morgan fingerprint density at radius 3 is 2.35 bits per heavy atom. The lowest BCUT2D eigenvalue weighted by atomic mass is 10.1. The molecule has 1 heterocycles. The first-order valence-electron chi connectivity index (χ1n) is 7.53. The zero-order valence-electron chi connectivity index (χ0n) is 13.5. The predicted molar refractivity (Wildman–Crippen MR) is 88.0 cm³/mol. The normalized spacial score (nSPS) is 11.4. The zero-order valence-corrected chi connectivity index (χ0v) is 13.5. The summed E-state index contributed by atoms with van der Waals surface area (Å²) in [4.78, 5) is 12.1. The number of nitrogens with zero attached hydrogens (tertiary/aromatic N) is 2. The Balaban J connectivity index is 1.87. The van der Waals surface area contributed by atoms with E-state index in [-0.39, 0.29) is 16.9 Å². The van der Waals surface area contributed by atoms with Gasteiger partial charge < -0.3 is 5.32 Å². The standard InChI is InChI=1S/C18H13F4N3O/c1-25-15(10-16(24-25)18(20,21)22)13-8-7-12(9-14(13)19)23-17(26)11-5-3-2-4-6-11/h2-10H,1H3,(H,23,26). The first-order chi connectivity index (χ1) is 12.3. The van der Waals surface area contributed by atoms with Crippen molar-refractivity contribution < 1.29 is 22.4 Å². The number of aromatic nitrogens is 2. The number of hydrogen-bond donors (Lipinski definition) is 1. The predicted octanol–water partition coefficient (Wildman–Crippen LogP) is 4.50. The number of benzene rings is 2. The number of anilines is 1. The number of nitrogens with one attached hydrogen (secondary N) is 1. The van der Waals surface area contributed by atoms with Gasteiger partial charge in [0.2, 0.25) is 0 Å². The van der Waals surface area contributed by atoms with E-state index >= 15 is 0 Å². The van der Waals surface area contributed by atoms with Gasteiger partial charge in [0.15, 0.2) is 5.69 Å². The van der Waals surface area contributed by atoms with Gasteiger partial charge in [-0.15, -0.1) is 0 Å². The topological polar surface area (TPSA) is 46.9 Å². The molecule has 1 N–H and O–H groups in total. The zero-order chi connectivity index (χ0) is 18.9. The highest BCUT2D eigenvalue weighted by Gasteiger charge is 2.35. The number of rotatable bonds is 3. The lowest BCUT2D eigenvalue weighted by molar-refractivity contribution is -0.141. The second-order valence-electron chi connectivity index (χ2n) is 5.55. The van der Waals surface area contributed by atoms with Crippen LogP contribution in [0.5, 0.6) is 0 Å². The Morgan fingerprint density at radius 1 is 1.08 bits per heavy atom. The van der Waals surface area contributed by atoms with Crippen molar-refractivity contribution in [2.75, 3.05) is 5.32 Å². The van der Waals surface area contributed by atoms with Crippen molar-refractivity contribution >= 4 is 11.6 Å². The lowest BCUT2D eigenvalue weighted by Gasteiger charge is -2.08. The molecule has 2 aromatic carbocycles. The maximum absolute atomic E-state index is 14.4. The number of aryl methyl sites for hydroxylation is 1. The minimum Gasteiger partial charge on any atom is -0.322 e. The van der Waals surface area contributed by atoms with E-state index in [1.165, 1.54) is 19.2 Å². The van der Waals surface area contributed by atoms with Gasteiger partial charge in [0, 0.05) is 23.9 Å². The molecule has 0 aliphatic carbocycles. The summed E-state index contributed by atoms with van der Waals surface area (Å²) in [6.07, 6.45) is -4.61. The second kappa shape index (κ2) is 6.62. The van der Waals surface area contributed by atoms with E-state index in [1.54, 1.807) is 30.3 Å². The van der Waals surface area contributed by atoms with Crippen LogP contribution < -0.4 is 5.32 Å². The Labute approximate surface area is 146 Å². The van der Waals surface area contributed by atoms with Gasteiger partial charge in [-0.3, -0.25) is 9.48 Å². The molecule has 3 rings (SSSR count). The monoisotopic (exact) mass is 363 g/mol. The van der Waals surface area contributed by atoms with Crippen LogP contribution in [0, 0.1) is 5.82 Å². The Kier molecular flexibility index (Phi) is 4.50. The molecule has 0 aliphatic rings. The second-order valence-corrected chi connectivity index (χ2v) is 5.55. The molecule has 4 nitrogen and oxygen atoms in total.